The summed E-state index contributed by atoms with van der Waals surface area (Å²) in [7, 11) is 0. The number of hydrogen-bond donors (Lipinski definition) is 1. The number of aromatic nitrogens is 2. The maximum Gasteiger partial charge on any atom is 0.344 e. The SMILES string of the molecule is Cc1ccc(Cl)cc1CN1CCC2(CCN(C(=O)n3ccc(C(N)=O)n3)CC2)C1. The molecular weight excluding hydrogens is 390 g/mol. The quantitative estimate of drug-likeness (QED) is 0.835. The van der Waals surface area contributed by atoms with E-state index >= 15 is 0 Å². The number of nitrogens with two attached hydrogens (primary N) is 1. The monoisotopic (exact) mass is 415 g/mol. The first-order valence-corrected chi connectivity index (χ1v) is 10.4. The number of nitrogens with zero attached hydrogens (tertiary/aromatic N) is 4. The number of benzene rings is 1. The average molecular weight is 416 g/mol. The average Bonchev–Trinajstić information content (AvgIpc) is 3.33. The third kappa shape index (κ3) is 4.16. The molecule has 29 heavy (non-hydrogen) atoms. The molecule has 0 bridgehead atoms. The number of likely N-dealkylation sites (tertiary alicyclic amines) is 2. The van der Waals surface area contributed by atoms with Crippen LogP contribution < -0.4 is 5.73 Å². The molecule has 1 aromatic carbocycles. The first-order chi connectivity index (χ1) is 13.8. The summed E-state index contributed by atoms with van der Waals surface area (Å²) in [6, 6.07) is 7.35. The molecule has 2 aliphatic rings. The smallest absolute Gasteiger partial charge is 0.344 e. The van der Waals surface area contributed by atoms with Gasteiger partial charge in [0.2, 0.25) is 0 Å². The molecule has 0 aliphatic carbocycles. The molecule has 8 heteroatoms. The molecular formula is C21H26ClN5O2. The van der Waals surface area contributed by atoms with Crippen molar-refractivity contribution >= 4 is 23.5 Å². The standard InChI is InChI=1S/C21H26ClN5O2/c1-15-2-3-17(22)12-16(15)13-25-9-5-21(14-25)6-10-26(11-7-21)20(29)27-8-4-18(24-27)19(23)28/h2-4,8,12H,5-7,9-11,13-14H2,1H3,(H2,23,28). The summed E-state index contributed by atoms with van der Waals surface area (Å²) in [4.78, 5) is 28.2. The second-order valence-corrected chi connectivity index (χ2v) is 8.75. The highest BCUT2D eigenvalue weighted by molar-refractivity contribution is 6.30. The normalized spacial score (nSPS) is 19.0. The van der Waals surface area contributed by atoms with Gasteiger partial charge in [0.1, 0.15) is 0 Å². The topological polar surface area (TPSA) is 84.5 Å². The number of primary amides is 1. The lowest BCUT2D eigenvalue weighted by atomic mass is 9.78. The van der Waals surface area contributed by atoms with Crippen molar-refractivity contribution < 1.29 is 9.59 Å². The number of hydrogen-bond acceptors (Lipinski definition) is 4. The van der Waals surface area contributed by atoms with Crippen LogP contribution >= 0.6 is 11.6 Å². The number of piperidine rings is 1. The van der Waals surface area contributed by atoms with E-state index in [1.165, 1.54) is 28.1 Å². The van der Waals surface area contributed by atoms with Crippen LogP contribution in [0.25, 0.3) is 0 Å². The molecule has 2 aliphatic heterocycles. The number of carbonyl (C=O) groups excluding carboxylic acids is 2. The summed E-state index contributed by atoms with van der Waals surface area (Å²) < 4.78 is 1.21. The van der Waals surface area contributed by atoms with E-state index in [0.717, 1.165) is 43.9 Å². The summed E-state index contributed by atoms with van der Waals surface area (Å²) in [5.74, 6) is -0.630. The van der Waals surface area contributed by atoms with Gasteiger partial charge < -0.3 is 10.6 Å². The molecule has 0 unspecified atom stereocenters. The largest absolute Gasteiger partial charge is 0.364 e. The van der Waals surface area contributed by atoms with Gasteiger partial charge in [0.15, 0.2) is 5.69 Å². The Morgan fingerprint density at radius 2 is 1.90 bits per heavy atom. The lowest BCUT2D eigenvalue weighted by Gasteiger charge is -2.39. The Hall–Kier alpha value is -2.38. The van der Waals surface area contributed by atoms with Crippen molar-refractivity contribution in [1.82, 2.24) is 19.6 Å². The molecule has 2 aromatic rings. The number of carbonyl (C=O) groups is 2. The highest BCUT2D eigenvalue weighted by Gasteiger charge is 2.41. The van der Waals surface area contributed by atoms with E-state index in [-0.39, 0.29) is 17.1 Å². The molecule has 7 nitrogen and oxygen atoms in total. The highest BCUT2D eigenvalue weighted by atomic mass is 35.5. The molecule has 2 saturated heterocycles. The predicted octanol–water partition coefficient (Wildman–Crippen LogP) is 2.90. The summed E-state index contributed by atoms with van der Waals surface area (Å²) >= 11 is 6.17. The fourth-order valence-electron chi connectivity index (χ4n) is 4.50. The summed E-state index contributed by atoms with van der Waals surface area (Å²) in [6.07, 6.45) is 4.61. The van der Waals surface area contributed by atoms with Crippen LogP contribution in [0.1, 0.15) is 40.9 Å². The molecule has 4 rings (SSSR count). The lowest BCUT2D eigenvalue weighted by Crippen LogP contribution is -2.45. The molecule has 0 atom stereocenters. The molecule has 154 valence electrons. The minimum absolute atomic E-state index is 0.106. The van der Waals surface area contributed by atoms with Crippen molar-refractivity contribution in [3.8, 4) is 0 Å². The van der Waals surface area contributed by atoms with Gasteiger partial charge in [-0.25, -0.2) is 4.79 Å². The van der Waals surface area contributed by atoms with Gasteiger partial charge in [-0.1, -0.05) is 17.7 Å². The number of amides is 2. The maximum absolute atomic E-state index is 12.7. The predicted molar refractivity (Wildman–Crippen MR) is 111 cm³/mol. The zero-order chi connectivity index (χ0) is 20.6. The lowest BCUT2D eigenvalue weighted by molar-refractivity contribution is 0.0994. The first-order valence-electron chi connectivity index (χ1n) is 9.97. The van der Waals surface area contributed by atoms with Gasteiger partial charge in [-0.3, -0.25) is 9.69 Å². The Morgan fingerprint density at radius 1 is 1.17 bits per heavy atom. The van der Waals surface area contributed by atoms with Crippen molar-refractivity contribution in [1.29, 1.82) is 0 Å². The van der Waals surface area contributed by atoms with Gasteiger partial charge in [-0.05, 0) is 67.5 Å². The second-order valence-electron chi connectivity index (χ2n) is 8.31. The minimum atomic E-state index is -0.630. The van der Waals surface area contributed by atoms with E-state index in [9.17, 15) is 9.59 Å². The Labute approximate surface area is 175 Å². The maximum atomic E-state index is 12.7. The minimum Gasteiger partial charge on any atom is -0.364 e. The molecule has 2 amide bonds. The Morgan fingerprint density at radius 3 is 2.59 bits per heavy atom. The van der Waals surface area contributed by atoms with Crippen LogP contribution in [0.15, 0.2) is 30.5 Å². The van der Waals surface area contributed by atoms with Gasteiger partial charge >= 0.3 is 6.03 Å². The van der Waals surface area contributed by atoms with Crippen LogP contribution in [0.5, 0.6) is 0 Å². The van der Waals surface area contributed by atoms with Gasteiger partial charge in [0, 0.05) is 37.4 Å². The van der Waals surface area contributed by atoms with Crippen molar-refractivity contribution in [2.45, 2.75) is 32.7 Å². The summed E-state index contributed by atoms with van der Waals surface area (Å²) in [5.41, 5.74) is 8.15. The Balaban J connectivity index is 1.35. The molecule has 0 saturated carbocycles. The highest BCUT2D eigenvalue weighted by Crippen LogP contribution is 2.41. The van der Waals surface area contributed by atoms with Crippen molar-refractivity contribution in [3.05, 3.63) is 52.3 Å². The van der Waals surface area contributed by atoms with E-state index in [1.54, 1.807) is 0 Å². The third-order valence-electron chi connectivity index (χ3n) is 6.35. The zero-order valence-electron chi connectivity index (χ0n) is 16.6. The van der Waals surface area contributed by atoms with Crippen molar-refractivity contribution in [2.75, 3.05) is 26.2 Å². The van der Waals surface area contributed by atoms with Crippen LogP contribution in [0.4, 0.5) is 4.79 Å². The van der Waals surface area contributed by atoms with E-state index in [4.69, 9.17) is 17.3 Å². The first kappa shape index (κ1) is 19.9. The Kier molecular flexibility index (Phi) is 5.36. The Bertz CT molecular complexity index is 933. The molecule has 3 heterocycles. The molecule has 2 N–H and O–H groups in total. The van der Waals surface area contributed by atoms with Gasteiger partial charge in [0.05, 0.1) is 0 Å². The van der Waals surface area contributed by atoms with Crippen LogP contribution in [0.3, 0.4) is 0 Å². The number of halogens is 1. The van der Waals surface area contributed by atoms with Gasteiger partial charge in [-0.2, -0.15) is 9.78 Å². The van der Waals surface area contributed by atoms with E-state index in [0.29, 0.717) is 13.1 Å². The summed E-state index contributed by atoms with van der Waals surface area (Å²) in [6.45, 7) is 6.57. The van der Waals surface area contributed by atoms with Gasteiger partial charge in [-0.15, -0.1) is 0 Å². The fraction of sp³-hybridized carbons (Fsp3) is 0.476. The zero-order valence-corrected chi connectivity index (χ0v) is 17.4. The molecule has 0 radical (unpaired) electrons. The second kappa shape index (κ2) is 7.80. The molecule has 1 aromatic heterocycles. The third-order valence-corrected chi connectivity index (χ3v) is 6.59. The fourth-order valence-corrected chi connectivity index (χ4v) is 4.70. The molecule has 1 spiro atoms. The van der Waals surface area contributed by atoms with E-state index < -0.39 is 5.91 Å². The van der Waals surface area contributed by atoms with Crippen molar-refractivity contribution in [3.63, 3.8) is 0 Å². The van der Waals surface area contributed by atoms with Crippen molar-refractivity contribution in [2.24, 2.45) is 11.1 Å². The van der Waals surface area contributed by atoms with Gasteiger partial charge in [0.25, 0.3) is 5.91 Å². The van der Waals surface area contributed by atoms with E-state index in [1.807, 2.05) is 11.0 Å². The van der Waals surface area contributed by atoms with Crippen LogP contribution in [-0.2, 0) is 6.54 Å². The van der Waals surface area contributed by atoms with Crippen LogP contribution in [0, 0.1) is 12.3 Å². The van der Waals surface area contributed by atoms with Crippen LogP contribution in [0.2, 0.25) is 5.02 Å². The summed E-state index contributed by atoms with van der Waals surface area (Å²) in [5, 5.41) is 4.76. The van der Waals surface area contributed by atoms with Crippen LogP contribution in [-0.4, -0.2) is 57.7 Å². The number of rotatable bonds is 3. The van der Waals surface area contributed by atoms with E-state index in [2.05, 4.69) is 29.1 Å². The number of aryl methyl sites for hydroxylation is 1. The molecule has 2 fully saturated rings.